The molecule has 0 amide bonds. The summed E-state index contributed by atoms with van der Waals surface area (Å²) in [4.78, 5) is 15.8. The molecule has 1 saturated carbocycles. The van der Waals surface area contributed by atoms with E-state index in [4.69, 9.17) is 4.74 Å². The summed E-state index contributed by atoms with van der Waals surface area (Å²) < 4.78 is 6.11. The predicted molar refractivity (Wildman–Crippen MR) is 64.2 cm³/mol. The predicted octanol–water partition coefficient (Wildman–Crippen LogP) is 1.19. The molecule has 7 nitrogen and oxygen atoms in total. The molecule has 3 rings (SSSR count). The van der Waals surface area contributed by atoms with Crippen LogP contribution >= 0.6 is 0 Å². The van der Waals surface area contributed by atoms with Crippen LogP contribution in [0.2, 0.25) is 0 Å². The summed E-state index contributed by atoms with van der Waals surface area (Å²) in [5.41, 5.74) is 1.12. The Bertz CT molecular complexity index is 661. The molecule has 100 valence electrons. The molecule has 7 heteroatoms. The van der Waals surface area contributed by atoms with Crippen molar-refractivity contribution < 1.29 is 19.7 Å². The lowest BCUT2D eigenvalue weighted by molar-refractivity contribution is 0.0517. The number of carbonyl (C=O) groups is 1. The van der Waals surface area contributed by atoms with E-state index in [1.165, 1.54) is 0 Å². The highest BCUT2D eigenvalue weighted by atomic mass is 16.5. The molecule has 0 saturated heterocycles. The summed E-state index contributed by atoms with van der Waals surface area (Å²) >= 11 is 0. The summed E-state index contributed by atoms with van der Waals surface area (Å²) in [5.74, 6) is -0.915. The van der Waals surface area contributed by atoms with E-state index in [1.807, 2.05) is 0 Å². The number of hydrogen-bond donors (Lipinski definition) is 2. The van der Waals surface area contributed by atoms with Gasteiger partial charge in [-0.25, -0.2) is 4.79 Å². The molecule has 2 aromatic rings. The van der Waals surface area contributed by atoms with Gasteiger partial charge in [0.1, 0.15) is 0 Å². The van der Waals surface area contributed by atoms with E-state index in [0.717, 1.165) is 23.4 Å². The molecule has 2 aromatic heterocycles. The molecule has 0 unspecified atom stereocenters. The molecule has 2 heterocycles. The first-order valence-corrected chi connectivity index (χ1v) is 6.10. The third-order valence-electron chi connectivity index (χ3n) is 3.05. The molecule has 0 aliphatic heterocycles. The molecule has 1 fully saturated rings. The lowest BCUT2D eigenvalue weighted by Crippen LogP contribution is -2.07. The molecule has 19 heavy (non-hydrogen) atoms. The van der Waals surface area contributed by atoms with E-state index >= 15 is 0 Å². The van der Waals surface area contributed by atoms with Crippen LogP contribution in [0.4, 0.5) is 0 Å². The summed E-state index contributed by atoms with van der Waals surface area (Å²) in [5, 5.41) is 23.3. The van der Waals surface area contributed by atoms with Gasteiger partial charge in [-0.2, -0.15) is 14.6 Å². The van der Waals surface area contributed by atoms with Crippen LogP contribution in [-0.4, -0.2) is 37.4 Å². The fourth-order valence-corrected chi connectivity index (χ4v) is 2.10. The summed E-state index contributed by atoms with van der Waals surface area (Å²) in [6.07, 6.45) is 1.87. The van der Waals surface area contributed by atoms with Crippen molar-refractivity contribution in [1.82, 2.24) is 14.6 Å². The quantitative estimate of drug-likeness (QED) is 0.807. The van der Waals surface area contributed by atoms with Crippen LogP contribution < -0.4 is 0 Å². The smallest absolute Gasteiger partial charge is 0.359 e. The number of aromatic hydroxyl groups is 2. The molecule has 0 bridgehead atoms. The average molecular weight is 263 g/mol. The second kappa shape index (κ2) is 4.11. The second-order valence-electron chi connectivity index (χ2n) is 4.46. The molecule has 0 aromatic carbocycles. The van der Waals surface area contributed by atoms with Crippen molar-refractivity contribution >= 4 is 11.6 Å². The van der Waals surface area contributed by atoms with Gasteiger partial charge in [-0.05, 0) is 25.7 Å². The highest BCUT2D eigenvalue weighted by Gasteiger charge is 2.35. The number of ether oxygens (including phenoxy) is 1. The average Bonchev–Trinajstić information content (AvgIpc) is 3.10. The maximum Gasteiger partial charge on any atom is 0.359 e. The topological polar surface area (TPSA) is 97.0 Å². The number of esters is 1. The van der Waals surface area contributed by atoms with Gasteiger partial charge in [0.25, 0.3) is 0 Å². The highest BCUT2D eigenvalue weighted by molar-refractivity contribution is 5.91. The summed E-state index contributed by atoms with van der Waals surface area (Å²) in [7, 11) is 0. The van der Waals surface area contributed by atoms with E-state index in [0.29, 0.717) is 11.2 Å². The van der Waals surface area contributed by atoms with Crippen molar-refractivity contribution in [2.75, 3.05) is 6.61 Å². The standard InChI is InChI=1S/C12H13N3O4/c1-2-19-12(18)10-9(6-3-4-6)11-13-7(16)5-8(17)15(11)14-10/h5-6,17H,2-4H2,1H3,(H,13,16). The van der Waals surface area contributed by atoms with E-state index in [9.17, 15) is 15.0 Å². The fourth-order valence-electron chi connectivity index (χ4n) is 2.10. The van der Waals surface area contributed by atoms with Gasteiger partial charge in [-0.15, -0.1) is 0 Å². The van der Waals surface area contributed by atoms with Gasteiger partial charge in [0, 0.05) is 5.56 Å². The molecule has 1 aliphatic rings. The van der Waals surface area contributed by atoms with Crippen LogP contribution in [0.15, 0.2) is 6.07 Å². The van der Waals surface area contributed by atoms with Gasteiger partial charge in [-0.1, -0.05) is 0 Å². The van der Waals surface area contributed by atoms with Gasteiger partial charge in [0.15, 0.2) is 11.3 Å². The number of aromatic nitrogens is 3. The lowest BCUT2D eigenvalue weighted by Gasteiger charge is -2.00. The van der Waals surface area contributed by atoms with Crippen LogP contribution in [0.5, 0.6) is 11.8 Å². The normalized spacial score (nSPS) is 14.8. The van der Waals surface area contributed by atoms with Crippen molar-refractivity contribution in [3.8, 4) is 11.8 Å². The van der Waals surface area contributed by atoms with E-state index in [1.54, 1.807) is 6.92 Å². The maximum absolute atomic E-state index is 11.9. The Kier molecular flexibility index (Phi) is 2.55. The van der Waals surface area contributed by atoms with Crippen LogP contribution in [0.1, 0.15) is 41.7 Å². The lowest BCUT2D eigenvalue weighted by atomic mass is 10.1. The van der Waals surface area contributed by atoms with Gasteiger partial charge in [0.2, 0.25) is 11.8 Å². The van der Waals surface area contributed by atoms with Crippen LogP contribution in [-0.2, 0) is 4.74 Å². The van der Waals surface area contributed by atoms with Crippen molar-refractivity contribution in [2.24, 2.45) is 0 Å². The van der Waals surface area contributed by atoms with Crippen LogP contribution in [0.3, 0.4) is 0 Å². The minimum atomic E-state index is -0.534. The van der Waals surface area contributed by atoms with Gasteiger partial charge >= 0.3 is 5.97 Å². The van der Waals surface area contributed by atoms with Gasteiger partial charge in [0.05, 0.1) is 12.7 Å². The van der Waals surface area contributed by atoms with E-state index < -0.39 is 5.97 Å². The fraction of sp³-hybridized carbons (Fsp3) is 0.417. The molecule has 1 aliphatic carbocycles. The minimum Gasteiger partial charge on any atom is -0.493 e. The zero-order valence-electron chi connectivity index (χ0n) is 10.3. The zero-order valence-corrected chi connectivity index (χ0v) is 10.3. The third kappa shape index (κ3) is 1.87. The Balaban J connectivity index is 2.24. The Morgan fingerprint density at radius 2 is 2.26 bits per heavy atom. The Labute approximate surface area is 108 Å². The van der Waals surface area contributed by atoms with Crippen molar-refractivity contribution in [2.45, 2.75) is 25.7 Å². The van der Waals surface area contributed by atoms with Crippen LogP contribution in [0.25, 0.3) is 5.65 Å². The first-order chi connectivity index (χ1) is 9.11. The van der Waals surface area contributed by atoms with Gasteiger partial charge < -0.3 is 14.9 Å². The van der Waals surface area contributed by atoms with Crippen molar-refractivity contribution in [1.29, 1.82) is 0 Å². The number of hydrogen-bond acceptors (Lipinski definition) is 6. The first-order valence-electron chi connectivity index (χ1n) is 6.10. The molecular formula is C12H13N3O4. The minimum absolute atomic E-state index is 0.165. The van der Waals surface area contributed by atoms with Crippen molar-refractivity contribution in [3.05, 3.63) is 17.3 Å². The summed E-state index contributed by atoms with van der Waals surface area (Å²) in [6, 6.07) is 1.08. The molecule has 2 N–H and O–H groups in total. The molecule has 0 spiro atoms. The number of nitrogens with zero attached hydrogens (tertiary/aromatic N) is 3. The number of fused-ring (bicyclic) bond motifs is 1. The summed E-state index contributed by atoms with van der Waals surface area (Å²) in [6.45, 7) is 1.97. The molecule has 0 atom stereocenters. The Morgan fingerprint density at radius 3 is 2.89 bits per heavy atom. The monoisotopic (exact) mass is 263 g/mol. The van der Waals surface area contributed by atoms with E-state index in [2.05, 4.69) is 10.1 Å². The molecule has 0 radical (unpaired) electrons. The Morgan fingerprint density at radius 1 is 1.53 bits per heavy atom. The zero-order chi connectivity index (χ0) is 13.6. The highest BCUT2D eigenvalue weighted by Crippen LogP contribution is 2.44. The van der Waals surface area contributed by atoms with Gasteiger partial charge in [-0.3, -0.25) is 0 Å². The third-order valence-corrected chi connectivity index (χ3v) is 3.05. The maximum atomic E-state index is 11.9. The molecular weight excluding hydrogens is 250 g/mol. The Hall–Kier alpha value is -2.31. The van der Waals surface area contributed by atoms with E-state index in [-0.39, 0.29) is 30.0 Å². The van der Waals surface area contributed by atoms with Crippen molar-refractivity contribution in [3.63, 3.8) is 0 Å². The largest absolute Gasteiger partial charge is 0.493 e. The number of rotatable bonds is 3. The number of carbonyl (C=O) groups excluding carboxylic acids is 1. The second-order valence-corrected chi connectivity index (χ2v) is 4.46. The SMILES string of the molecule is CCOC(=O)c1nn2c(O)cc(O)nc2c1C1CC1. The van der Waals surface area contributed by atoms with Crippen LogP contribution in [0, 0.1) is 0 Å². The first kappa shape index (κ1) is 11.8.